The zero-order valence-electron chi connectivity index (χ0n) is 18.8. The predicted octanol–water partition coefficient (Wildman–Crippen LogP) is 4.75. The number of aryl methyl sites for hydroxylation is 1. The van der Waals surface area contributed by atoms with Crippen LogP contribution < -0.4 is 15.0 Å². The minimum Gasteiger partial charge on any atom is -0.487 e. The molecule has 4 aliphatic rings. The molecule has 0 aliphatic heterocycles. The molecule has 5 atom stereocenters. The standard InChI is InChI=1S/C26H27N3O3S/c1-29-12-18(16-5-6-27-22(16)24(29)31)17-8-15(28-33-2)3-4-21(17)32-25-9-14-7-19-23(30)20(11-25)26(19,10-14)13-25/h3-6,8,12,14,19-20,27-28H,7,9-11,13H2,1-2H3. The molecular formula is C26H27N3O3S. The van der Waals surface area contributed by atoms with E-state index in [2.05, 4.69) is 27.9 Å². The van der Waals surface area contributed by atoms with Crippen LogP contribution in [0.2, 0.25) is 0 Å². The lowest BCUT2D eigenvalue weighted by Gasteiger charge is -2.47. The molecule has 7 heteroatoms. The zero-order valence-corrected chi connectivity index (χ0v) is 19.6. The van der Waals surface area contributed by atoms with Crippen LogP contribution in [0.3, 0.4) is 0 Å². The molecule has 2 heterocycles. The van der Waals surface area contributed by atoms with Crippen molar-refractivity contribution in [2.45, 2.75) is 37.7 Å². The first kappa shape index (κ1) is 19.8. The summed E-state index contributed by atoms with van der Waals surface area (Å²) in [4.78, 5) is 28.5. The number of pyridine rings is 1. The number of nitrogens with one attached hydrogen (secondary N) is 2. The van der Waals surface area contributed by atoms with E-state index in [1.165, 1.54) is 6.42 Å². The first-order valence-corrected chi connectivity index (χ1v) is 13.0. The lowest BCUT2D eigenvalue weighted by atomic mass is 9.55. The lowest BCUT2D eigenvalue weighted by molar-refractivity contribution is -0.149. The monoisotopic (exact) mass is 461 g/mol. The molecule has 5 unspecified atom stereocenters. The highest BCUT2D eigenvalue weighted by Crippen LogP contribution is 2.75. The topological polar surface area (TPSA) is 76.1 Å². The summed E-state index contributed by atoms with van der Waals surface area (Å²) in [5, 5.41) is 0.894. The Labute approximate surface area is 196 Å². The van der Waals surface area contributed by atoms with Gasteiger partial charge in [0.25, 0.3) is 5.56 Å². The van der Waals surface area contributed by atoms with E-state index in [4.69, 9.17) is 4.74 Å². The fraction of sp³-hybridized carbons (Fsp3) is 0.462. The maximum Gasteiger partial charge on any atom is 0.274 e. The molecule has 2 N–H and O–H groups in total. The van der Waals surface area contributed by atoms with Crippen LogP contribution in [0.25, 0.3) is 22.0 Å². The smallest absolute Gasteiger partial charge is 0.274 e. The Hall–Kier alpha value is -2.67. The van der Waals surface area contributed by atoms with E-state index in [1.807, 2.05) is 24.7 Å². The highest BCUT2D eigenvalue weighted by Gasteiger charge is 2.76. The van der Waals surface area contributed by atoms with Crippen molar-refractivity contribution in [2.24, 2.45) is 30.2 Å². The summed E-state index contributed by atoms with van der Waals surface area (Å²) in [6, 6.07) is 8.18. The van der Waals surface area contributed by atoms with Crippen LogP contribution in [0, 0.1) is 23.2 Å². The molecule has 3 aromatic rings. The van der Waals surface area contributed by atoms with E-state index in [9.17, 15) is 9.59 Å². The SMILES string of the molecule is CSNc1ccc(OC23CC4CC5C(=O)C(C2)C5(C4)C3)c(-c2cn(C)c(=O)c3[nH]ccc23)c1. The number of ketones is 1. The molecule has 33 heavy (non-hydrogen) atoms. The maximum atomic E-state index is 12.8. The number of nitrogens with zero attached hydrogens (tertiary/aromatic N) is 1. The molecule has 4 saturated carbocycles. The molecule has 3 bridgehead atoms. The van der Waals surface area contributed by atoms with Crippen molar-refractivity contribution in [3.63, 3.8) is 0 Å². The maximum absolute atomic E-state index is 12.8. The highest BCUT2D eigenvalue weighted by molar-refractivity contribution is 7.99. The van der Waals surface area contributed by atoms with Gasteiger partial charge in [0.15, 0.2) is 0 Å². The van der Waals surface area contributed by atoms with Gasteiger partial charge in [-0.2, -0.15) is 0 Å². The van der Waals surface area contributed by atoms with Crippen molar-refractivity contribution < 1.29 is 9.53 Å². The van der Waals surface area contributed by atoms with Crippen LogP contribution in [0.5, 0.6) is 5.75 Å². The molecule has 0 saturated heterocycles. The van der Waals surface area contributed by atoms with E-state index in [0.717, 1.165) is 53.6 Å². The third kappa shape index (κ3) is 2.52. The largest absolute Gasteiger partial charge is 0.487 e. The van der Waals surface area contributed by atoms with Gasteiger partial charge in [-0.1, -0.05) is 11.9 Å². The average molecular weight is 462 g/mol. The van der Waals surface area contributed by atoms with E-state index in [-0.39, 0.29) is 28.4 Å². The van der Waals surface area contributed by atoms with Gasteiger partial charge >= 0.3 is 0 Å². The number of ether oxygens (including phenoxy) is 1. The number of fused-ring (bicyclic) bond motifs is 3. The number of hydrogen-bond acceptors (Lipinski definition) is 5. The molecule has 0 amide bonds. The first-order chi connectivity index (χ1) is 15.9. The molecule has 6 nitrogen and oxygen atoms in total. The fourth-order valence-electron chi connectivity index (χ4n) is 7.90. The number of hydrogen-bond donors (Lipinski definition) is 2. The van der Waals surface area contributed by atoms with Crippen molar-refractivity contribution in [2.75, 3.05) is 11.0 Å². The number of H-pyrrole nitrogens is 1. The summed E-state index contributed by atoms with van der Waals surface area (Å²) < 4.78 is 11.9. The summed E-state index contributed by atoms with van der Waals surface area (Å²) in [5.74, 6) is 2.43. The quantitative estimate of drug-likeness (QED) is 0.536. The highest BCUT2D eigenvalue weighted by atomic mass is 32.2. The van der Waals surface area contributed by atoms with Gasteiger partial charge in [-0.25, -0.2) is 0 Å². The van der Waals surface area contributed by atoms with Gasteiger partial charge in [0.1, 0.15) is 22.7 Å². The Kier molecular flexibility index (Phi) is 3.87. The Morgan fingerprint density at radius 2 is 2.03 bits per heavy atom. The van der Waals surface area contributed by atoms with Crippen molar-refractivity contribution in [3.8, 4) is 16.9 Å². The Morgan fingerprint density at radius 3 is 2.88 bits per heavy atom. The summed E-state index contributed by atoms with van der Waals surface area (Å²) in [7, 11) is 1.79. The second-order valence-electron chi connectivity index (χ2n) is 10.7. The second-order valence-corrected chi connectivity index (χ2v) is 11.3. The van der Waals surface area contributed by atoms with Crippen LogP contribution in [0.4, 0.5) is 5.69 Å². The molecule has 4 aliphatic carbocycles. The Balaban J connectivity index is 1.36. The normalized spacial score (nSPS) is 33.4. The number of anilines is 1. The summed E-state index contributed by atoms with van der Waals surface area (Å²) >= 11 is 1.55. The molecule has 7 rings (SSSR count). The van der Waals surface area contributed by atoms with Gasteiger partial charge in [0.05, 0.1) is 0 Å². The van der Waals surface area contributed by atoms with Crippen LogP contribution in [0.1, 0.15) is 32.1 Å². The number of aromatic amines is 1. The van der Waals surface area contributed by atoms with E-state index in [1.54, 1.807) is 23.6 Å². The van der Waals surface area contributed by atoms with Crippen molar-refractivity contribution in [3.05, 3.63) is 47.0 Å². The van der Waals surface area contributed by atoms with Gasteiger partial charge in [-0.15, -0.1) is 0 Å². The van der Waals surface area contributed by atoms with Crippen molar-refractivity contribution in [1.82, 2.24) is 9.55 Å². The molecule has 170 valence electrons. The van der Waals surface area contributed by atoms with E-state index >= 15 is 0 Å². The molecule has 4 fully saturated rings. The second kappa shape index (κ2) is 6.47. The average Bonchev–Trinajstić information content (AvgIpc) is 3.43. The fourth-order valence-corrected chi connectivity index (χ4v) is 8.26. The predicted molar refractivity (Wildman–Crippen MR) is 130 cm³/mol. The number of Topliss-reactive ketones (excluding diaryl/α,β-unsaturated/α-hetero) is 1. The van der Waals surface area contributed by atoms with Crippen LogP contribution >= 0.6 is 11.9 Å². The lowest BCUT2D eigenvalue weighted by Crippen LogP contribution is -2.51. The minimum absolute atomic E-state index is 0.0434. The van der Waals surface area contributed by atoms with Crippen molar-refractivity contribution >= 4 is 34.3 Å². The van der Waals surface area contributed by atoms with Crippen LogP contribution in [-0.2, 0) is 11.8 Å². The third-order valence-corrected chi connectivity index (χ3v) is 9.35. The summed E-state index contributed by atoms with van der Waals surface area (Å²) in [5.41, 5.74) is 3.45. The number of aromatic nitrogens is 2. The van der Waals surface area contributed by atoms with E-state index < -0.39 is 0 Å². The van der Waals surface area contributed by atoms with Gasteiger partial charge in [-0.05, 0) is 67.7 Å². The number of benzene rings is 1. The molecule has 1 spiro atoms. The minimum atomic E-state index is -0.254. The Bertz CT molecular complexity index is 1390. The molecule has 0 radical (unpaired) electrons. The molecule has 2 aromatic heterocycles. The third-order valence-electron chi connectivity index (χ3n) is 8.91. The number of rotatable bonds is 5. The van der Waals surface area contributed by atoms with Crippen LogP contribution in [-0.4, -0.2) is 27.2 Å². The van der Waals surface area contributed by atoms with Gasteiger partial charge in [-0.3, -0.25) is 9.59 Å². The number of carbonyl (C=O) groups excluding carboxylic acids is 1. The summed E-state index contributed by atoms with van der Waals surface area (Å²) in [6.07, 6.45) is 10.9. The Morgan fingerprint density at radius 1 is 1.15 bits per heavy atom. The van der Waals surface area contributed by atoms with Crippen LogP contribution in [0.15, 0.2) is 41.5 Å². The van der Waals surface area contributed by atoms with Gasteiger partial charge < -0.3 is 19.0 Å². The number of carbonyl (C=O) groups is 1. The molecular weight excluding hydrogens is 434 g/mol. The zero-order chi connectivity index (χ0) is 22.5. The van der Waals surface area contributed by atoms with Crippen molar-refractivity contribution in [1.29, 1.82) is 0 Å². The molecule has 1 aromatic carbocycles. The van der Waals surface area contributed by atoms with Gasteiger partial charge in [0.2, 0.25) is 0 Å². The summed E-state index contributed by atoms with van der Waals surface area (Å²) in [6.45, 7) is 0. The van der Waals surface area contributed by atoms with Gasteiger partial charge in [0, 0.05) is 59.7 Å². The van der Waals surface area contributed by atoms with E-state index in [0.29, 0.717) is 17.2 Å². The first-order valence-electron chi connectivity index (χ1n) is 11.8.